The van der Waals surface area contributed by atoms with E-state index in [1.165, 1.54) is 5.56 Å². The topological polar surface area (TPSA) is 76.6 Å². The average molecular weight is 446 g/mol. The molecule has 0 saturated heterocycles. The summed E-state index contributed by atoms with van der Waals surface area (Å²) < 4.78 is 5.99. The first-order valence-corrected chi connectivity index (χ1v) is 11.1. The van der Waals surface area contributed by atoms with Crippen molar-refractivity contribution in [1.29, 1.82) is 0 Å². The van der Waals surface area contributed by atoms with Crippen LogP contribution < -0.4 is 4.74 Å². The minimum absolute atomic E-state index is 0.436. The lowest BCUT2D eigenvalue weighted by atomic mass is 10.1. The van der Waals surface area contributed by atoms with Crippen molar-refractivity contribution in [2.75, 3.05) is 0 Å². The van der Waals surface area contributed by atoms with E-state index in [9.17, 15) is 0 Å². The Morgan fingerprint density at radius 1 is 0.794 bits per heavy atom. The lowest BCUT2D eigenvalue weighted by Gasteiger charge is -2.07. The van der Waals surface area contributed by atoms with Crippen LogP contribution >= 0.6 is 0 Å². The van der Waals surface area contributed by atoms with Crippen molar-refractivity contribution in [3.8, 4) is 5.75 Å². The van der Waals surface area contributed by atoms with Gasteiger partial charge in [-0.25, -0.2) is 10.1 Å². The van der Waals surface area contributed by atoms with Crippen molar-refractivity contribution < 1.29 is 4.74 Å². The predicted molar refractivity (Wildman–Crippen MR) is 135 cm³/mol. The highest BCUT2D eigenvalue weighted by Gasteiger charge is 2.01. The van der Waals surface area contributed by atoms with Gasteiger partial charge in [0.05, 0.1) is 11.2 Å². The normalized spacial score (nSPS) is 11.5. The molecule has 5 aromatic rings. The fourth-order valence-corrected chi connectivity index (χ4v) is 3.56. The highest BCUT2D eigenvalue weighted by Crippen LogP contribution is 2.18. The fourth-order valence-electron chi connectivity index (χ4n) is 3.56. The Balaban J connectivity index is 1.16. The number of pyridine rings is 1. The molecule has 2 aromatic heterocycles. The van der Waals surface area contributed by atoms with Crippen LogP contribution in [0.5, 0.6) is 5.75 Å². The van der Waals surface area contributed by atoms with Gasteiger partial charge in [-0.2, -0.15) is 0 Å². The van der Waals surface area contributed by atoms with E-state index in [2.05, 4.69) is 80.2 Å². The van der Waals surface area contributed by atoms with E-state index in [0.29, 0.717) is 12.4 Å². The van der Waals surface area contributed by atoms with Crippen molar-refractivity contribution >= 4 is 29.1 Å². The van der Waals surface area contributed by atoms with Gasteiger partial charge in [0.2, 0.25) is 0 Å². The number of nitrogens with one attached hydrogen (secondary N) is 1. The monoisotopic (exact) mass is 445 g/mol. The first-order chi connectivity index (χ1) is 16.8. The van der Waals surface area contributed by atoms with Crippen molar-refractivity contribution in [3.63, 3.8) is 0 Å². The van der Waals surface area contributed by atoms with Crippen molar-refractivity contribution in [2.24, 2.45) is 0 Å². The predicted octanol–water partition coefficient (Wildman–Crippen LogP) is 5.75. The summed E-state index contributed by atoms with van der Waals surface area (Å²) in [6.07, 6.45) is 8.95. The summed E-state index contributed by atoms with van der Waals surface area (Å²) in [5.74, 6) is 1.46. The molecule has 0 aliphatic carbocycles. The van der Waals surface area contributed by atoms with Gasteiger partial charge in [0, 0.05) is 5.39 Å². The van der Waals surface area contributed by atoms with Crippen LogP contribution in [0.1, 0.15) is 28.2 Å². The first kappa shape index (κ1) is 21.3. The number of tetrazole rings is 1. The van der Waals surface area contributed by atoms with Crippen LogP contribution in [0, 0.1) is 0 Å². The summed E-state index contributed by atoms with van der Waals surface area (Å²) in [6, 6.07) is 28.7. The number of nitrogens with zero attached hydrogens (tertiary/aromatic N) is 4. The highest BCUT2D eigenvalue weighted by molar-refractivity contribution is 5.78. The molecule has 0 aliphatic rings. The minimum Gasteiger partial charge on any atom is -0.487 e. The molecule has 3 aromatic carbocycles. The summed E-state index contributed by atoms with van der Waals surface area (Å²) >= 11 is 0. The van der Waals surface area contributed by atoms with Gasteiger partial charge in [0.1, 0.15) is 12.4 Å². The summed E-state index contributed by atoms with van der Waals surface area (Å²) in [6.45, 7) is 0.436. The van der Waals surface area contributed by atoms with Gasteiger partial charge in [-0.05, 0) is 63.9 Å². The van der Waals surface area contributed by atoms with E-state index >= 15 is 0 Å². The quantitative estimate of drug-likeness (QED) is 0.329. The zero-order chi connectivity index (χ0) is 23.0. The molecule has 0 fully saturated rings. The number of rotatable bonds is 8. The number of H-pyrrole nitrogens is 1. The number of para-hydroxylation sites is 1. The molecule has 0 unspecified atom stereocenters. The average Bonchev–Trinajstić information content (AvgIpc) is 3.41. The number of benzene rings is 3. The number of hydrogen-bond acceptors (Lipinski definition) is 5. The molecule has 2 heterocycles. The molecule has 34 heavy (non-hydrogen) atoms. The number of aromatic nitrogens is 5. The highest BCUT2D eigenvalue weighted by atomic mass is 16.5. The SMILES string of the molecule is C(=Cc1cccc(OCc2ccc3ccccc3n2)c1)Cc1ccc(C=Cc2nnn[nH]2)cc1. The minimum atomic E-state index is 0.436. The lowest BCUT2D eigenvalue weighted by Crippen LogP contribution is -1.98. The van der Waals surface area contributed by atoms with Crippen LogP contribution in [-0.2, 0) is 13.0 Å². The molecule has 1 N–H and O–H groups in total. The van der Waals surface area contributed by atoms with Crippen LogP contribution in [0.4, 0.5) is 0 Å². The van der Waals surface area contributed by atoms with E-state index in [1.54, 1.807) is 0 Å². The number of allylic oxidation sites excluding steroid dienone is 1. The Morgan fingerprint density at radius 2 is 1.71 bits per heavy atom. The Hall–Kier alpha value is -4.58. The third-order valence-electron chi connectivity index (χ3n) is 5.34. The summed E-state index contributed by atoms with van der Waals surface area (Å²) in [4.78, 5) is 4.67. The summed E-state index contributed by atoms with van der Waals surface area (Å²) in [5, 5.41) is 14.8. The number of ether oxygens (including phenoxy) is 1. The van der Waals surface area contributed by atoms with Crippen LogP contribution in [-0.4, -0.2) is 25.6 Å². The second kappa shape index (κ2) is 10.4. The smallest absolute Gasteiger partial charge is 0.172 e. The van der Waals surface area contributed by atoms with E-state index in [0.717, 1.165) is 39.9 Å². The largest absolute Gasteiger partial charge is 0.487 e. The maximum Gasteiger partial charge on any atom is 0.172 e. The summed E-state index contributed by atoms with van der Waals surface area (Å²) in [7, 11) is 0. The van der Waals surface area contributed by atoms with Gasteiger partial charge in [-0.15, -0.1) is 5.10 Å². The van der Waals surface area contributed by atoms with Gasteiger partial charge in [-0.1, -0.05) is 78.9 Å². The molecule has 0 amide bonds. The molecule has 6 heteroatoms. The van der Waals surface area contributed by atoms with E-state index in [4.69, 9.17) is 4.74 Å². The molecular formula is C28H23N5O. The van der Waals surface area contributed by atoms with Crippen molar-refractivity contribution in [2.45, 2.75) is 13.0 Å². The lowest BCUT2D eigenvalue weighted by molar-refractivity contribution is 0.302. The van der Waals surface area contributed by atoms with Gasteiger partial charge in [0.25, 0.3) is 0 Å². The second-order valence-electron chi connectivity index (χ2n) is 7.82. The zero-order valence-electron chi connectivity index (χ0n) is 18.5. The molecule has 0 atom stereocenters. The Labute approximate surface area is 197 Å². The zero-order valence-corrected chi connectivity index (χ0v) is 18.5. The van der Waals surface area contributed by atoms with Crippen LogP contribution in [0.3, 0.4) is 0 Å². The number of fused-ring (bicyclic) bond motifs is 1. The number of aromatic amines is 1. The molecule has 6 nitrogen and oxygen atoms in total. The first-order valence-electron chi connectivity index (χ1n) is 11.1. The second-order valence-corrected chi connectivity index (χ2v) is 7.82. The third-order valence-corrected chi connectivity index (χ3v) is 5.34. The Morgan fingerprint density at radius 3 is 2.59 bits per heavy atom. The molecule has 0 aliphatic heterocycles. The van der Waals surface area contributed by atoms with Gasteiger partial charge in [0.15, 0.2) is 5.82 Å². The van der Waals surface area contributed by atoms with Crippen molar-refractivity contribution in [3.05, 3.63) is 119 Å². The van der Waals surface area contributed by atoms with Gasteiger partial charge in [-0.3, -0.25) is 0 Å². The third kappa shape index (κ3) is 5.61. The van der Waals surface area contributed by atoms with Crippen LogP contribution in [0.25, 0.3) is 29.1 Å². The van der Waals surface area contributed by atoms with Gasteiger partial charge < -0.3 is 4.74 Å². The maximum absolute atomic E-state index is 5.99. The van der Waals surface area contributed by atoms with Gasteiger partial charge >= 0.3 is 0 Å². The standard InChI is InChI=1S/C28H23N5O/c1-2-10-27-24(8-1)16-17-25(29-27)20-34-26-9-4-7-23(19-26)6-3-5-21-11-13-22(14-12-21)15-18-28-30-32-33-31-28/h1-4,6-19H,5,20H2,(H,30,31,32,33). The molecular weight excluding hydrogens is 422 g/mol. The fraction of sp³-hybridized carbons (Fsp3) is 0.0714. The Bertz CT molecular complexity index is 1420. The van der Waals surface area contributed by atoms with Crippen LogP contribution in [0.15, 0.2) is 91.0 Å². The summed E-state index contributed by atoms with van der Waals surface area (Å²) in [5.41, 5.74) is 5.33. The van der Waals surface area contributed by atoms with Crippen molar-refractivity contribution in [1.82, 2.24) is 25.6 Å². The molecule has 5 rings (SSSR count). The molecule has 0 saturated carbocycles. The molecule has 166 valence electrons. The maximum atomic E-state index is 5.99. The molecule has 0 spiro atoms. The van der Waals surface area contributed by atoms with Crippen LogP contribution in [0.2, 0.25) is 0 Å². The van der Waals surface area contributed by atoms with E-state index < -0.39 is 0 Å². The molecule has 0 bridgehead atoms. The van der Waals surface area contributed by atoms with E-state index in [1.807, 2.05) is 54.6 Å². The number of hydrogen-bond donors (Lipinski definition) is 1. The molecule has 0 radical (unpaired) electrons. The van der Waals surface area contributed by atoms with E-state index in [-0.39, 0.29) is 0 Å². The Kier molecular flexibility index (Phi) is 6.48.